The Hall–Kier alpha value is -0.420. The Balaban J connectivity index is 1.56. The van der Waals surface area contributed by atoms with Crippen molar-refractivity contribution < 1.29 is 0 Å². The summed E-state index contributed by atoms with van der Waals surface area (Å²) in [6, 6.07) is 3.12. The number of thiophene rings is 1. The average Bonchev–Trinajstić information content (AvgIpc) is 3.14. The predicted molar refractivity (Wildman–Crippen MR) is 84.0 cm³/mol. The van der Waals surface area contributed by atoms with Crippen molar-refractivity contribution in [1.82, 2.24) is 9.80 Å². The largest absolute Gasteiger partial charge is 0.329 e. The molecule has 110 valence electrons. The minimum absolute atomic E-state index is 0.269. The molecule has 3 aliphatic rings. The Bertz CT molecular complexity index is 486. The molecular formula is C16H25N3S. The summed E-state index contributed by atoms with van der Waals surface area (Å²) >= 11 is 1.93. The summed E-state index contributed by atoms with van der Waals surface area (Å²) in [5.41, 5.74) is 8.12. The fourth-order valence-corrected chi connectivity index (χ4v) is 5.46. The first kappa shape index (κ1) is 13.3. The van der Waals surface area contributed by atoms with E-state index in [2.05, 4.69) is 21.2 Å². The highest BCUT2D eigenvalue weighted by molar-refractivity contribution is 7.10. The number of fused-ring (bicyclic) bond motifs is 2. The molecule has 0 spiro atoms. The van der Waals surface area contributed by atoms with Crippen molar-refractivity contribution in [2.24, 2.45) is 5.73 Å². The number of nitrogens with zero attached hydrogens (tertiary/aromatic N) is 2. The normalized spacial score (nSPS) is 35.0. The van der Waals surface area contributed by atoms with Crippen LogP contribution in [0.4, 0.5) is 0 Å². The lowest BCUT2D eigenvalue weighted by molar-refractivity contribution is 0.00200. The predicted octanol–water partition coefficient (Wildman–Crippen LogP) is 2.06. The van der Waals surface area contributed by atoms with Crippen molar-refractivity contribution in [3.8, 4) is 0 Å². The highest BCUT2D eigenvalue weighted by atomic mass is 32.1. The van der Waals surface area contributed by atoms with E-state index in [1.165, 1.54) is 51.7 Å². The molecule has 20 heavy (non-hydrogen) atoms. The molecular weight excluding hydrogens is 266 g/mol. The summed E-state index contributed by atoms with van der Waals surface area (Å²) in [5, 5.41) is 2.25. The molecule has 4 heterocycles. The molecule has 2 saturated heterocycles. The van der Waals surface area contributed by atoms with Crippen LogP contribution < -0.4 is 5.73 Å². The fourth-order valence-electron chi connectivity index (χ4n) is 4.57. The first-order valence-corrected chi connectivity index (χ1v) is 8.93. The molecule has 2 unspecified atom stereocenters. The van der Waals surface area contributed by atoms with Crippen LogP contribution in [0.3, 0.4) is 0 Å². The van der Waals surface area contributed by atoms with Gasteiger partial charge in [-0.3, -0.25) is 4.90 Å². The quantitative estimate of drug-likeness (QED) is 0.905. The van der Waals surface area contributed by atoms with E-state index in [1.807, 2.05) is 11.3 Å². The van der Waals surface area contributed by atoms with Gasteiger partial charge in [0.2, 0.25) is 0 Å². The lowest BCUT2D eigenvalue weighted by Gasteiger charge is -2.51. The Morgan fingerprint density at radius 1 is 1.35 bits per heavy atom. The van der Waals surface area contributed by atoms with Crippen LogP contribution in [-0.2, 0) is 13.0 Å². The zero-order valence-electron chi connectivity index (χ0n) is 12.2. The van der Waals surface area contributed by atoms with Gasteiger partial charge in [0.25, 0.3) is 0 Å². The van der Waals surface area contributed by atoms with Crippen molar-refractivity contribution >= 4 is 11.3 Å². The summed E-state index contributed by atoms with van der Waals surface area (Å²) in [7, 11) is 0. The third-order valence-corrected chi connectivity index (χ3v) is 6.86. The zero-order chi connectivity index (χ0) is 13.6. The average molecular weight is 291 g/mol. The number of hydrogen-bond donors (Lipinski definition) is 1. The Kier molecular flexibility index (Phi) is 3.38. The minimum atomic E-state index is 0.269. The Morgan fingerprint density at radius 3 is 3.20 bits per heavy atom. The van der Waals surface area contributed by atoms with Crippen LogP contribution in [0.5, 0.6) is 0 Å². The van der Waals surface area contributed by atoms with Gasteiger partial charge >= 0.3 is 0 Å². The molecule has 0 aliphatic carbocycles. The highest BCUT2D eigenvalue weighted by Crippen LogP contribution is 2.39. The number of rotatable bonds is 2. The van der Waals surface area contributed by atoms with Crippen molar-refractivity contribution in [3.63, 3.8) is 0 Å². The van der Waals surface area contributed by atoms with E-state index >= 15 is 0 Å². The third kappa shape index (κ3) is 2.05. The van der Waals surface area contributed by atoms with E-state index in [0.717, 1.165) is 19.1 Å². The second-order valence-corrected chi connectivity index (χ2v) is 7.76. The van der Waals surface area contributed by atoms with E-state index in [-0.39, 0.29) is 5.54 Å². The first-order valence-electron chi connectivity index (χ1n) is 8.05. The highest BCUT2D eigenvalue weighted by Gasteiger charge is 2.44. The second-order valence-electron chi connectivity index (χ2n) is 6.76. The van der Waals surface area contributed by atoms with E-state index < -0.39 is 0 Å². The molecule has 0 bridgehead atoms. The lowest BCUT2D eigenvalue weighted by Crippen LogP contribution is -2.61. The maximum atomic E-state index is 6.29. The Morgan fingerprint density at radius 2 is 2.30 bits per heavy atom. The number of hydrogen-bond acceptors (Lipinski definition) is 4. The van der Waals surface area contributed by atoms with E-state index in [0.29, 0.717) is 0 Å². The summed E-state index contributed by atoms with van der Waals surface area (Å²) in [5.74, 6) is 0. The summed E-state index contributed by atoms with van der Waals surface area (Å²) in [4.78, 5) is 7.03. The van der Waals surface area contributed by atoms with Crippen molar-refractivity contribution in [2.75, 3.05) is 26.2 Å². The lowest BCUT2D eigenvalue weighted by atomic mass is 9.80. The molecule has 1 aromatic rings. The van der Waals surface area contributed by atoms with Crippen LogP contribution >= 0.6 is 11.3 Å². The molecule has 2 fully saturated rings. The van der Waals surface area contributed by atoms with Crippen LogP contribution in [0, 0.1) is 0 Å². The van der Waals surface area contributed by atoms with Crippen molar-refractivity contribution in [1.29, 1.82) is 0 Å². The van der Waals surface area contributed by atoms with Gasteiger partial charge in [-0.2, -0.15) is 0 Å². The van der Waals surface area contributed by atoms with E-state index in [9.17, 15) is 0 Å². The molecule has 3 aliphatic heterocycles. The molecule has 0 saturated carbocycles. The molecule has 2 atom stereocenters. The van der Waals surface area contributed by atoms with Crippen LogP contribution in [0.2, 0.25) is 0 Å². The summed E-state index contributed by atoms with van der Waals surface area (Å²) in [6.45, 7) is 5.74. The molecule has 0 aromatic carbocycles. The van der Waals surface area contributed by atoms with Gasteiger partial charge in [-0.25, -0.2) is 0 Å². The summed E-state index contributed by atoms with van der Waals surface area (Å²) < 4.78 is 0. The maximum absolute atomic E-state index is 6.29. The minimum Gasteiger partial charge on any atom is -0.329 e. The van der Waals surface area contributed by atoms with Gasteiger partial charge in [0.15, 0.2) is 0 Å². The van der Waals surface area contributed by atoms with Gasteiger partial charge in [-0.05, 0) is 55.7 Å². The van der Waals surface area contributed by atoms with Gasteiger partial charge < -0.3 is 10.6 Å². The van der Waals surface area contributed by atoms with Crippen molar-refractivity contribution in [2.45, 2.75) is 50.2 Å². The number of nitrogens with two attached hydrogens (primary N) is 1. The molecule has 1 aromatic heterocycles. The van der Waals surface area contributed by atoms with Gasteiger partial charge in [0.1, 0.15) is 0 Å². The topological polar surface area (TPSA) is 32.5 Å². The van der Waals surface area contributed by atoms with Gasteiger partial charge in [-0.15, -0.1) is 11.3 Å². The molecule has 4 rings (SSSR count). The second kappa shape index (κ2) is 5.09. The summed E-state index contributed by atoms with van der Waals surface area (Å²) in [6.07, 6.45) is 6.56. The molecule has 3 nitrogen and oxygen atoms in total. The maximum Gasteiger partial charge on any atom is 0.0362 e. The van der Waals surface area contributed by atoms with Gasteiger partial charge in [0.05, 0.1) is 0 Å². The van der Waals surface area contributed by atoms with E-state index in [1.54, 1.807) is 10.4 Å². The fraction of sp³-hybridized carbons (Fsp3) is 0.750. The van der Waals surface area contributed by atoms with Crippen LogP contribution in [0.25, 0.3) is 0 Å². The van der Waals surface area contributed by atoms with Crippen LogP contribution in [-0.4, -0.2) is 47.6 Å². The SMILES string of the molecule is NCC1(N2CCc3sccc3C2)CCN2CCCC2C1. The van der Waals surface area contributed by atoms with Crippen molar-refractivity contribution in [3.05, 3.63) is 21.9 Å². The van der Waals surface area contributed by atoms with Crippen LogP contribution in [0.1, 0.15) is 36.1 Å². The Labute approximate surface area is 125 Å². The van der Waals surface area contributed by atoms with Gasteiger partial charge in [0, 0.05) is 42.6 Å². The molecule has 2 N–H and O–H groups in total. The van der Waals surface area contributed by atoms with E-state index in [4.69, 9.17) is 5.73 Å². The third-order valence-electron chi connectivity index (χ3n) is 5.84. The molecule has 0 amide bonds. The van der Waals surface area contributed by atoms with Gasteiger partial charge in [-0.1, -0.05) is 0 Å². The molecule has 4 heteroatoms. The first-order chi connectivity index (χ1) is 9.81. The number of piperidine rings is 1. The smallest absolute Gasteiger partial charge is 0.0362 e. The molecule has 0 radical (unpaired) electrons. The van der Waals surface area contributed by atoms with Crippen LogP contribution in [0.15, 0.2) is 11.4 Å². The zero-order valence-corrected chi connectivity index (χ0v) is 13.0. The monoisotopic (exact) mass is 291 g/mol. The standard InChI is InChI=1S/C16H25N3S/c17-12-16(5-8-18-6-1-2-14(18)10-16)19-7-3-15-13(11-19)4-9-20-15/h4,9,14H,1-3,5-8,10-12,17H2.